The summed E-state index contributed by atoms with van der Waals surface area (Å²) in [5.41, 5.74) is 3.81. The highest BCUT2D eigenvalue weighted by atomic mass is 79.9. The van der Waals surface area contributed by atoms with Crippen molar-refractivity contribution in [2.45, 2.75) is 12.6 Å². The number of benzene rings is 1. The Morgan fingerprint density at radius 2 is 1.95 bits per heavy atom. The van der Waals surface area contributed by atoms with E-state index in [0.717, 1.165) is 18.2 Å². The molecule has 1 rings (SSSR count). The van der Waals surface area contributed by atoms with Gasteiger partial charge in [-0.2, -0.15) is 13.2 Å². The van der Waals surface area contributed by atoms with Gasteiger partial charge in [-0.15, -0.1) is 0 Å². The molecule has 0 aliphatic heterocycles. The van der Waals surface area contributed by atoms with Crippen LogP contribution in [0, 0.1) is 0 Å². The highest BCUT2D eigenvalue weighted by Gasteiger charge is 2.31. The van der Waals surface area contributed by atoms with E-state index in [4.69, 9.17) is 5.73 Å². The van der Waals surface area contributed by atoms with Gasteiger partial charge in [0.05, 0.1) is 11.1 Å². The molecule has 19 heavy (non-hydrogen) atoms. The second kappa shape index (κ2) is 6.05. The third-order valence-electron chi connectivity index (χ3n) is 2.20. The van der Waals surface area contributed by atoms with Gasteiger partial charge in [0.1, 0.15) is 0 Å². The minimum absolute atomic E-state index is 0.0309. The predicted molar refractivity (Wildman–Crippen MR) is 65.3 cm³/mol. The van der Waals surface area contributed by atoms with Crippen molar-refractivity contribution in [2.75, 3.05) is 6.54 Å². The second-order valence-electron chi connectivity index (χ2n) is 3.66. The molecule has 8 heteroatoms. The van der Waals surface area contributed by atoms with E-state index in [-0.39, 0.29) is 23.0 Å². The normalized spacial score (nSPS) is 11.2. The van der Waals surface area contributed by atoms with Gasteiger partial charge in [-0.25, -0.2) is 0 Å². The average Bonchev–Trinajstić information content (AvgIpc) is 2.27. The molecule has 0 saturated heterocycles. The van der Waals surface area contributed by atoms with Gasteiger partial charge in [0.2, 0.25) is 5.91 Å². The Morgan fingerprint density at radius 3 is 2.47 bits per heavy atom. The Kier molecular flexibility index (Phi) is 4.93. The number of nitrogens with two attached hydrogens (primary N) is 1. The molecule has 0 saturated carbocycles. The summed E-state index contributed by atoms with van der Waals surface area (Å²) in [7, 11) is 0. The number of alkyl halides is 3. The largest absolute Gasteiger partial charge is 0.416 e. The van der Waals surface area contributed by atoms with Gasteiger partial charge in [0.25, 0.3) is 5.91 Å². The fourth-order valence-electron chi connectivity index (χ4n) is 1.27. The summed E-state index contributed by atoms with van der Waals surface area (Å²) < 4.78 is 37.8. The number of carbonyl (C=O) groups excluding carboxylic acids is 2. The van der Waals surface area contributed by atoms with Crippen LogP contribution in [0.15, 0.2) is 22.7 Å². The van der Waals surface area contributed by atoms with Gasteiger partial charge in [-0.05, 0) is 34.1 Å². The summed E-state index contributed by atoms with van der Waals surface area (Å²) in [6.45, 7) is -0.0309. The first-order chi connectivity index (χ1) is 8.71. The maximum absolute atomic E-state index is 12.5. The Morgan fingerprint density at radius 1 is 1.32 bits per heavy atom. The Hall–Kier alpha value is -1.57. The standard InChI is InChI=1S/C11H10BrF3N2O2/c12-8-2-1-6(11(13,14)15)5-7(8)10(19)17-4-3-9(16)18/h1-2,5H,3-4H2,(H2,16,18)(H,17,19). The van der Waals surface area contributed by atoms with Crippen LogP contribution >= 0.6 is 15.9 Å². The molecule has 0 heterocycles. The molecule has 0 bridgehead atoms. The van der Waals surface area contributed by atoms with Crippen LogP contribution in [0.3, 0.4) is 0 Å². The van der Waals surface area contributed by atoms with Crippen molar-refractivity contribution in [1.29, 1.82) is 0 Å². The minimum atomic E-state index is -4.52. The number of halogens is 4. The smallest absolute Gasteiger partial charge is 0.370 e. The number of hydrogen-bond donors (Lipinski definition) is 2. The lowest BCUT2D eigenvalue weighted by atomic mass is 10.1. The molecule has 0 radical (unpaired) electrons. The number of amides is 2. The molecule has 1 aromatic carbocycles. The minimum Gasteiger partial charge on any atom is -0.370 e. The Balaban J connectivity index is 2.87. The molecule has 0 spiro atoms. The number of primary amides is 1. The van der Waals surface area contributed by atoms with Crippen LogP contribution in [0.2, 0.25) is 0 Å². The Bertz CT molecular complexity index is 503. The maximum Gasteiger partial charge on any atom is 0.416 e. The van der Waals surface area contributed by atoms with Gasteiger partial charge in [-0.3, -0.25) is 9.59 Å². The maximum atomic E-state index is 12.5. The molecule has 1 aromatic rings. The Labute approximate surface area is 115 Å². The van der Waals surface area contributed by atoms with Crippen LogP contribution in [-0.4, -0.2) is 18.4 Å². The topological polar surface area (TPSA) is 72.2 Å². The van der Waals surface area contributed by atoms with E-state index < -0.39 is 23.6 Å². The van der Waals surface area contributed by atoms with Crippen molar-refractivity contribution < 1.29 is 22.8 Å². The van der Waals surface area contributed by atoms with Gasteiger partial charge < -0.3 is 11.1 Å². The van der Waals surface area contributed by atoms with Crippen molar-refractivity contribution in [1.82, 2.24) is 5.32 Å². The van der Waals surface area contributed by atoms with Crippen molar-refractivity contribution in [2.24, 2.45) is 5.73 Å². The molecule has 0 unspecified atom stereocenters. The van der Waals surface area contributed by atoms with Gasteiger partial charge in [0.15, 0.2) is 0 Å². The van der Waals surface area contributed by atoms with E-state index >= 15 is 0 Å². The third-order valence-corrected chi connectivity index (χ3v) is 2.89. The number of carbonyl (C=O) groups is 2. The lowest BCUT2D eigenvalue weighted by Crippen LogP contribution is -2.28. The summed E-state index contributed by atoms with van der Waals surface area (Å²) in [5, 5.41) is 2.31. The zero-order valence-corrected chi connectivity index (χ0v) is 11.1. The molecule has 4 nitrogen and oxygen atoms in total. The van der Waals surface area contributed by atoms with Crippen LogP contribution in [0.5, 0.6) is 0 Å². The first-order valence-electron chi connectivity index (χ1n) is 5.15. The first-order valence-corrected chi connectivity index (χ1v) is 5.94. The summed E-state index contributed by atoms with van der Waals surface area (Å²) in [4.78, 5) is 22.1. The lowest BCUT2D eigenvalue weighted by molar-refractivity contribution is -0.137. The number of rotatable bonds is 4. The fourth-order valence-corrected chi connectivity index (χ4v) is 1.70. The zero-order valence-electron chi connectivity index (χ0n) is 9.55. The van der Waals surface area contributed by atoms with Crippen LogP contribution in [0.1, 0.15) is 22.3 Å². The third kappa shape index (κ3) is 4.55. The van der Waals surface area contributed by atoms with E-state index in [1.165, 1.54) is 0 Å². The summed E-state index contributed by atoms with van der Waals surface area (Å²) in [5.74, 6) is -1.32. The molecule has 2 amide bonds. The highest BCUT2D eigenvalue weighted by molar-refractivity contribution is 9.10. The predicted octanol–water partition coefficient (Wildman–Crippen LogP) is 2.07. The quantitative estimate of drug-likeness (QED) is 0.882. The summed E-state index contributed by atoms with van der Waals surface area (Å²) >= 11 is 3.00. The van der Waals surface area contributed by atoms with E-state index in [1.807, 2.05) is 0 Å². The average molecular weight is 339 g/mol. The molecule has 0 fully saturated rings. The van der Waals surface area contributed by atoms with Crippen molar-refractivity contribution in [3.05, 3.63) is 33.8 Å². The number of nitrogens with one attached hydrogen (secondary N) is 1. The van der Waals surface area contributed by atoms with Gasteiger partial charge in [-0.1, -0.05) is 0 Å². The molecule has 0 aliphatic rings. The van der Waals surface area contributed by atoms with Crippen LogP contribution < -0.4 is 11.1 Å². The fraction of sp³-hybridized carbons (Fsp3) is 0.273. The van der Waals surface area contributed by atoms with E-state index in [2.05, 4.69) is 21.2 Å². The zero-order chi connectivity index (χ0) is 14.6. The molecule has 0 atom stereocenters. The van der Waals surface area contributed by atoms with Crippen molar-refractivity contribution in [3.8, 4) is 0 Å². The van der Waals surface area contributed by atoms with Gasteiger partial charge in [0, 0.05) is 17.4 Å². The molecule has 0 aliphatic carbocycles. The van der Waals surface area contributed by atoms with E-state index in [1.54, 1.807) is 0 Å². The monoisotopic (exact) mass is 338 g/mol. The van der Waals surface area contributed by atoms with Crippen LogP contribution in [0.4, 0.5) is 13.2 Å². The molecule has 104 valence electrons. The first kappa shape index (κ1) is 15.5. The number of hydrogen-bond acceptors (Lipinski definition) is 2. The molecule has 3 N–H and O–H groups in total. The van der Waals surface area contributed by atoms with E-state index in [9.17, 15) is 22.8 Å². The molecular weight excluding hydrogens is 329 g/mol. The summed E-state index contributed by atoms with van der Waals surface area (Å²) in [6, 6.07) is 2.75. The van der Waals surface area contributed by atoms with E-state index in [0.29, 0.717) is 0 Å². The lowest BCUT2D eigenvalue weighted by Gasteiger charge is -2.10. The van der Waals surface area contributed by atoms with Crippen LogP contribution in [-0.2, 0) is 11.0 Å². The second-order valence-corrected chi connectivity index (χ2v) is 4.52. The van der Waals surface area contributed by atoms with Crippen molar-refractivity contribution >= 4 is 27.7 Å². The van der Waals surface area contributed by atoms with Crippen molar-refractivity contribution in [3.63, 3.8) is 0 Å². The highest BCUT2D eigenvalue weighted by Crippen LogP contribution is 2.31. The molecule has 0 aromatic heterocycles. The molecular formula is C11H10BrF3N2O2. The SMILES string of the molecule is NC(=O)CCNC(=O)c1cc(C(F)(F)F)ccc1Br. The summed E-state index contributed by atoms with van der Waals surface area (Å²) in [6.07, 6.45) is -4.61. The van der Waals surface area contributed by atoms with Crippen LogP contribution in [0.25, 0.3) is 0 Å². The van der Waals surface area contributed by atoms with Gasteiger partial charge >= 0.3 is 6.18 Å².